The smallest absolute Gasteiger partial charge is 0.261 e. The van der Waals surface area contributed by atoms with Crippen LogP contribution < -0.4 is 10.1 Å². The standard InChI is InChI=1S/C27H26BrCl3N2O3/c1-17(2)32-27(35)24(12-18-6-4-3-5-7-18)33(15-19-8-9-21(30)14-23(19)31)26(34)16-36-25-11-10-20(29)13-22(25)28/h3-11,13-14,17,24H,12,15-16H2,1-2H3,(H,32,35). The summed E-state index contributed by atoms with van der Waals surface area (Å²) in [5.41, 5.74) is 1.58. The Morgan fingerprint density at radius 2 is 1.64 bits per heavy atom. The second-order valence-corrected chi connectivity index (χ2v) is 10.6. The number of rotatable bonds is 10. The van der Waals surface area contributed by atoms with Crippen LogP contribution >= 0.6 is 50.7 Å². The van der Waals surface area contributed by atoms with Crippen molar-refractivity contribution in [1.29, 1.82) is 0 Å². The summed E-state index contributed by atoms with van der Waals surface area (Å²) in [6.45, 7) is 3.57. The predicted molar refractivity (Wildman–Crippen MR) is 149 cm³/mol. The highest BCUT2D eigenvalue weighted by molar-refractivity contribution is 9.10. The van der Waals surface area contributed by atoms with Gasteiger partial charge in [0.15, 0.2) is 6.61 Å². The number of amides is 2. The molecule has 0 aliphatic carbocycles. The molecule has 0 saturated heterocycles. The third-order valence-electron chi connectivity index (χ3n) is 5.30. The highest BCUT2D eigenvalue weighted by atomic mass is 79.9. The summed E-state index contributed by atoms with van der Waals surface area (Å²) in [6, 6.07) is 18.7. The van der Waals surface area contributed by atoms with Crippen molar-refractivity contribution in [3.05, 3.63) is 97.4 Å². The summed E-state index contributed by atoms with van der Waals surface area (Å²) >= 11 is 21.9. The number of nitrogens with zero attached hydrogens (tertiary/aromatic N) is 1. The largest absolute Gasteiger partial charge is 0.483 e. The van der Waals surface area contributed by atoms with Crippen molar-refractivity contribution in [1.82, 2.24) is 10.2 Å². The topological polar surface area (TPSA) is 58.6 Å². The molecule has 2 amide bonds. The van der Waals surface area contributed by atoms with Gasteiger partial charge < -0.3 is 15.0 Å². The lowest BCUT2D eigenvalue weighted by Gasteiger charge is -2.32. The monoisotopic (exact) mass is 610 g/mol. The molecular formula is C27H26BrCl3N2O3. The van der Waals surface area contributed by atoms with Crippen molar-refractivity contribution in [3.63, 3.8) is 0 Å². The van der Waals surface area contributed by atoms with E-state index >= 15 is 0 Å². The molecule has 0 saturated carbocycles. The fraction of sp³-hybridized carbons (Fsp3) is 0.259. The molecule has 0 aromatic heterocycles. The molecule has 0 aliphatic heterocycles. The molecule has 3 rings (SSSR count). The van der Waals surface area contributed by atoms with Crippen LogP contribution in [0.25, 0.3) is 0 Å². The Kier molecular flexibility index (Phi) is 10.5. The molecule has 0 fully saturated rings. The predicted octanol–water partition coefficient (Wildman–Crippen LogP) is 6.95. The first kappa shape index (κ1) is 28.3. The minimum Gasteiger partial charge on any atom is -0.483 e. The molecule has 0 aliphatic rings. The maximum Gasteiger partial charge on any atom is 0.261 e. The molecule has 36 heavy (non-hydrogen) atoms. The van der Waals surface area contributed by atoms with Crippen molar-refractivity contribution in [2.75, 3.05) is 6.61 Å². The molecule has 5 nitrogen and oxygen atoms in total. The van der Waals surface area contributed by atoms with Gasteiger partial charge in [-0.1, -0.05) is 71.2 Å². The molecule has 1 N–H and O–H groups in total. The summed E-state index contributed by atoms with van der Waals surface area (Å²) in [7, 11) is 0. The van der Waals surface area contributed by atoms with Gasteiger partial charge in [0.05, 0.1) is 4.47 Å². The average molecular weight is 613 g/mol. The highest BCUT2D eigenvalue weighted by Crippen LogP contribution is 2.28. The molecule has 190 valence electrons. The number of benzene rings is 3. The molecule has 1 atom stereocenters. The fourth-order valence-corrected chi connectivity index (χ4v) is 4.85. The van der Waals surface area contributed by atoms with E-state index in [2.05, 4.69) is 21.2 Å². The Hall–Kier alpha value is -2.25. The third-order valence-corrected chi connectivity index (χ3v) is 6.74. The zero-order valence-electron chi connectivity index (χ0n) is 19.8. The zero-order chi connectivity index (χ0) is 26.2. The number of hydrogen-bond acceptors (Lipinski definition) is 3. The first-order valence-corrected chi connectivity index (χ1v) is 13.2. The van der Waals surface area contributed by atoms with Crippen LogP contribution in [-0.4, -0.2) is 35.4 Å². The SMILES string of the molecule is CC(C)NC(=O)C(Cc1ccccc1)N(Cc1ccc(Cl)cc1Cl)C(=O)COc1ccc(Cl)cc1Br. The summed E-state index contributed by atoms with van der Waals surface area (Å²) in [4.78, 5) is 28.5. The maximum absolute atomic E-state index is 13.6. The molecule has 1 unspecified atom stereocenters. The van der Waals surface area contributed by atoms with Gasteiger partial charge in [-0.3, -0.25) is 9.59 Å². The van der Waals surface area contributed by atoms with Crippen LogP contribution in [0, 0.1) is 0 Å². The molecule has 9 heteroatoms. The van der Waals surface area contributed by atoms with E-state index in [1.165, 1.54) is 4.90 Å². The van der Waals surface area contributed by atoms with Crippen molar-refractivity contribution in [3.8, 4) is 5.75 Å². The third kappa shape index (κ3) is 8.13. The Labute approximate surface area is 234 Å². The van der Waals surface area contributed by atoms with Crippen LogP contribution in [0.5, 0.6) is 5.75 Å². The van der Waals surface area contributed by atoms with Gasteiger partial charge in [-0.05, 0) is 71.2 Å². The Bertz CT molecular complexity index is 1210. The molecule has 0 spiro atoms. The second kappa shape index (κ2) is 13.3. The van der Waals surface area contributed by atoms with Crippen LogP contribution in [0.1, 0.15) is 25.0 Å². The number of nitrogens with one attached hydrogen (secondary N) is 1. The molecule has 0 bridgehead atoms. The number of carbonyl (C=O) groups is 2. The second-order valence-electron chi connectivity index (χ2n) is 8.49. The Morgan fingerprint density at radius 3 is 2.28 bits per heavy atom. The van der Waals surface area contributed by atoms with Crippen molar-refractivity contribution in [2.45, 2.75) is 38.9 Å². The van der Waals surface area contributed by atoms with E-state index in [-0.39, 0.29) is 31.0 Å². The highest BCUT2D eigenvalue weighted by Gasteiger charge is 2.31. The van der Waals surface area contributed by atoms with E-state index in [4.69, 9.17) is 39.5 Å². The number of hydrogen-bond donors (Lipinski definition) is 1. The van der Waals surface area contributed by atoms with Crippen molar-refractivity contribution >= 4 is 62.5 Å². The molecule has 3 aromatic rings. The summed E-state index contributed by atoms with van der Waals surface area (Å²) in [5, 5.41) is 4.37. The molecule has 3 aromatic carbocycles. The normalized spacial score (nSPS) is 11.8. The van der Waals surface area contributed by atoms with Gasteiger partial charge >= 0.3 is 0 Å². The van der Waals surface area contributed by atoms with Crippen LogP contribution in [-0.2, 0) is 22.6 Å². The van der Waals surface area contributed by atoms with Crippen LogP contribution in [0.15, 0.2) is 71.2 Å². The lowest BCUT2D eigenvalue weighted by atomic mass is 10.0. The number of halogens is 4. The van der Waals surface area contributed by atoms with Crippen LogP contribution in [0.2, 0.25) is 15.1 Å². The first-order chi connectivity index (χ1) is 17.1. The molecular weight excluding hydrogens is 587 g/mol. The Morgan fingerprint density at radius 1 is 0.972 bits per heavy atom. The van der Waals surface area contributed by atoms with Gasteiger partial charge in [0.1, 0.15) is 11.8 Å². The van der Waals surface area contributed by atoms with Gasteiger partial charge in [0, 0.05) is 34.1 Å². The zero-order valence-corrected chi connectivity index (χ0v) is 23.7. The first-order valence-electron chi connectivity index (χ1n) is 11.3. The summed E-state index contributed by atoms with van der Waals surface area (Å²) in [5.74, 6) is -0.175. The van der Waals surface area contributed by atoms with Crippen molar-refractivity contribution in [2.24, 2.45) is 0 Å². The van der Waals surface area contributed by atoms with Gasteiger partial charge in [-0.2, -0.15) is 0 Å². The summed E-state index contributed by atoms with van der Waals surface area (Å²) in [6.07, 6.45) is 0.320. The van der Waals surface area contributed by atoms with E-state index in [0.29, 0.717) is 37.3 Å². The Balaban J connectivity index is 1.95. The maximum atomic E-state index is 13.6. The molecule has 0 heterocycles. The van der Waals surface area contributed by atoms with Crippen LogP contribution in [0.3, 0.4) is 0 Å². The quantitative estimate of drug-likeness (QED) is 0.270. The van der Waals surface area contributed by atoms with Gasteiger partial charge in [0.25, 0.3) is 5.91 Å². The minimum atomic E-state index is -0.800. The van der Waals surface area contributed by atoms with E-state index in [0.717, 1.165) is 5.56 Å². The summed E-state index contributed by atoms with van der Waals surface area (Å²) < 4.78 is 6.42. The van der Waals surface area contributed by atoms with Gasteiger partial charge in [-0.25, -0.2) is 0 Å². The lowest BCUT2D eigenvalue weighted by Crippen LogP contribution is -2.52. The van der Waals surface area contributed by atoms with Gasteiger partial charge in [0.2, 0.25) is 5.91 Å². The molecule has 0 radical (unpaired) electrons. The average Bonchev–Trinajstić information content (AvgIpc) is 2.82. The number of carbonyl (C=O) groups excluding carboxylic acids is 2. The van der Waals surface area contributed by atoms with Crippen molar-refractivity contribution < 1.29 is 14.3 Å². The van der Waals surface area contributed by atoms with E-state index in [9.17, 15) is 9.59 Å². The lowest BCUT2D eigenvalue weighted by molar-refractivity contribution is -0.143. The van der Waals surface area contributed by atoms with Gasteiger partial charge in [-0.15, -0.1) is 0 Å². The van der Waals surface area contributed by atoms with E-state index < -0.39 is 6.04 Å². The minimum absolute atomic E-state index is 0.100. The fourth-order valence-electron chi connectivity index (χ4n) is 3.58. The van der Waals surface area contributed by atoms with Crippen LogP contribution in [0.4, 0.5) is 0 Å². The number of ether oxygens (including phenoxy) is 1. The van der Waals surface area contributed by atoms with E-state index in [1.54, 1.807) is 36.4 Å². The van der Waals surface area contributed by atoms with E-state index in [1.807, 2.05) is 44.2 Å².